The van der Waals surface area contributed by atoms with Crippen LogP contribution >= 0.6 is 0 Å². The molecule has 2 aromatic carbocycles. The molecule has 2 aromatic rings. The van der Waals surface area contributed by atoms with Gasteiger partial charge in [0, 0.05) is 5.56 Å². The minimum Gasteiger partial charge on any atom is -0.488 e. The third kappa shape index (κ3) is 2.53. The SMILES string of the molecule is Cc1c(OCc2cccc(C(=O)O)c2)ccc2c1OCC2=O. The average molecular weight is 298 g/mol. The number of carbonyl (C=O) groups excluding carboxylic acids is 1. The molecule has 1 aliphatic heterocycles. The highest BCUT2D eigenvalue weighted by Gasteiger charge is 2.24. The number of ketones is 1. The number of fused-ring (bicyclic) bond motifs is 1. The Balaban J connectivity index is 1.79. The first-order chi connectivity index (χ1) is 10.6. The highest BCUT2D eigenvalue weighted by molar-refractivity contribution is 6.02. The van der Waals surface area contributed by atoms with E-state index in [-0.39, 0.29) is 24.6 Å². The minimum absolute atomic E-state index is 0.0289. The van der Waals surface area contributed by atoms with Crippen LogP contribution in [0.5, 0.6) is 11.5 Å². The molecule has 0 unspecified atom stereocenters. The highest BCUT2D eigenvalue weighted by atomic mass is 16.5. The van der Waals surface area contributed by atoms with Gasteiger partial charge in [-0.2, -0.15) is 0 Å². The molecule has 1 heterocycles. The van der Waals surface area contributed by atoms with Gasteiger partial charge in [-0.1, -0.05) is 12.1 Å². The van der Waals surface area contributed by atoms with Crippen LogP contribution in [0.25, 0.3) is 0 Å². The molecule has 0 bridgehead atoms. The second-order valence-corrected chi connectivity index (χ2v) is 5.07. The molecule has 1 N–H and O–H groups in total. The molecule has 0 aromatic heterocycles. The molecule has 5 heteroatoms. The molecule has 0 saturated heterocycles. The second kappa shape index (κ2) is 5.52. The van der Waals surface area contributed by atoms with E-state index in [1.165, 1.54) is 6.07 Å². The highest BCUT2D eigenvalue weighted by Crippen LogP contribution is 2.35. The van der Waals surface area contributed by atoms with Crippen molar-refractivity contribution in [2.45, 2.75) is 13.5 Å². The summed E-state index contributed by atoms with van der Waals surface area (Å²) in [6, 6.07) is 10.0. The zero-order chi connectivity index (χ0) is 15.7. The maximum Gasteiger partial charge on any atom is 0.335 e. The quantitative estimate of drug-likeness (QED) is 0.939. The Bertz CT molecular complexity index is 764. The van der Waals surface area contributed by atoms with Crippen molar-refractivity contribution < 1.29 is 24.2 Å². The molecular weight excluding hydrogens is 284 g/mol. The minimum atomic E-state index is -0.970. The summed E-state index contributed by atoms with van der Waals surface area (Å²) in [6.07, 6.45) is 0. The molecule has 0 aliphatic carbocycles. The zero-order valence-electron chi connectivity index (χ0n) is 12.0. The van der Waals surface area contributed by atoms with Gasteiger partial charge >= 0.3 is 5.97 Å². The summed E-state index contributed by atoms with van der Waals surface area (Å²) in [7, 11) is 0. The number of carboxylic acid groups (broad SMARTS) is 1. The Morgan fingerprint density at radius 3 is 2.91 bits per heavy atom. The summed E-state index contributed by atoms with van der Waals surface area (Å²) in [5, 5.41) is 8.98. The number of aromatic carboxylic acids is 1. The number of carbonyl (C=O) groups is 2. The van der Waals surface area contributed by atoms with Gasteiger partial charge < -0.3 is 14.6 Å². The maximum absolute atomic E-state index is 11.6. The van der Waals surface area contributed by atoms with Crippen molar-refractivity contribution in [3.8, 4) is 11.5 Å². The molecule has 22 heavy (non-hydrogen) atoms. The number of benzene rings is 2. The van der Waals surface area contributed by atoms with E-state index in [9.17, 15) is 9.59 Å². The van der Waals surface area contributed by atoms with Gasteiger partial charge in [-0.25, -0.2) is 4.79 Å². The lowest BCUT2D eigenvalue weighted by Crippen LogP contribution is -2.01. The summed E-state index contributed by atoms with van der Waals surface area (Å²) in [4.78, 5) is 22.5. The van der Waals surface area contributed by atoms with Gasteiger partial charge in [0.25, 0.3) is 0 Å². The van der Waals surface area contributed by atoms with Gasteiger partial charge in [0.15, 0.2) is 6.61 Å². The van der Waals surface area contributed by atoms with Gasteiger partial charge in [0.1, 0.15) is 18.1 Å². The molecule has 112 valence electrons. The van der Waals surface area contributed by atoms with Gasteiger partial charge in [-0.3, -0.25) is 4.79 Å². The molecule has 0 fully saturated rings. The number of ether oxygens (including phenoxy) is 2. The van der Waals surface area contributed by atoms with E-state index in [0.29, 0.717) is 17.1 Å². The van der Waals surface area contributed by atoms with E-state index in [2.05, 4.69) is 0 Å². The van der Waals surface area contributed by atoms with E-state index in [1.807, 2.05) is 6.92 Å². The third-order valence-corrected chi connectivity index (χ3v) is 3.57. The Hall–Kier alpha value is -2.82. The first-order valence-corrected chi connectivity index (χ1v) is 6.81. The molecule has 0 saturated carbocycles. The number of Topliss-reactive ketones (excluding diaryl/α,β-unsaturated/α-hetero) is 1. The monoisotopic (exact) mass is 298 g/mol. The Labute approximate surface area is 127 Å². The van der Waals surface area contributed by atoms with Crippen molar-refractivity contribution in [1.29, 1.82) is 0 Å². The fraction of sp³-hybridized carbons (Fsp3) is 0.176. The van der Waals surface area contributed by atoms with Crippen molar-refractivity contribution in [1.82, 2.24) is 0 Å². The van der Waals surface area contributed by atoms with Gasteiger partial charge in [0.05, 0.1) is 11.1 Å². The number of rotatable bonds is 4. The van der Waals surface area contributed by atoms with Gasteiger partial charge in [-0.15, -0.1) is 0 Å². The van der Waals surface area contributed by atoms with Crippen LogP contribution in [0.4, 0.5) is 0 Å². The lowest BCUT2D eigenvalue weighted by molar-refractivity contribution is 0.0696. The molecule has 0 amide bonds. The fourth-order valence-corrected chi connectivity index (χ4v) is 2.41. The van der Waals surface area contributed by atoms with Crippen LogP contribution in [0.2, 0.25) is 0 Å². The molecule has 3 rings (SSSR count). The summed E-state index contributed by atoms with van der Waals surface area (Å²) in [5.74, 6) is 0.192. The first kappa shape index (κ1) is 14.1. The van der Waals surface area contributed by atoms with Crippen LogP contribution < -0.4 is 9.47 Å². The predicted octanol–water partition coefficient (Wildman–Crippen LogP) is 2.85. The molecule has 1 aliphatic rings. The van der Waals surface area contributed by atoms with Crippen molar-refractivity contribution in [2.24, 2.45) is 0 Å². The molecular formula is C17H14O5. The Morgan fingerprint density at radius 1 is 1.32 bits per heavy atom. The normalized spacial score (nSPS) is 12.7. The molecule has 0 atom stereocenters. The summed E-state index contributed by atoms with van der Waals surface area (Å²) in [6.45, 7) is 2.15. The number of carboxylic acids is 1. The molecule has 0 radical (unpaired) electrons. The molecule has 5 nitrogen and oxygen atoms in total. The molecule has 0 spiro atoms. The Morgan fingerprint density at radius 2 is 2.14 bits per heavy atom. The van der Waals surface area contributed by atoms with Crippen molar-refractivity contribution in [3.63, 3.8) is 0 Å². The average Bonchev–Trinajstić information content (AvgIpc) is 2.89. The summed E-state index contributed by atoms with van der Waals surface area (Å²) in [5.41, 5.74) is 2.34. The van der Waals surface area contributed by atoms with E-state index in [1.54, 1.807) is 30.3 Å². The van der Waals surface area contributed by atoms with E-state index < -0.39 is 5.97 Å². The van der Waals surface area contributed by atoms with Crippen molar-refractivity contribution >= 4 is 11.8 Å². The fourth-order valence-electron chi connectivity index (χ4n) is 2.41. The van der Waals surface area contributed by atoms with Gasteiger partial charge in [0.2, 0.25) is 5.78 Å². The van der Waals surface area contributed by atoms with Crippen LogP contribution in [0.1, 0.15) is 31.8 Å². The van der Waals surface area contributed by atoms with Crippen LogP contribution in [-0.4, -0.2) is 23.5 Å². The zero-order valence-corrected chi connectivity index (χ0v) is 12.0. The van der Waals surface area contributed by atoms with Crippen LogP contribution in [0.3, 0.4) is 0 Å². The van der Waals surface area contributed by atoms with E-state index >= 15 is 0 Å². The lowest BCUT2D eigenvalue weighted by Gasteiger charge is -2.12. The smallest absolute Gasteiger partial charge is 0.335 e. The van der Waals surface area contributed by atoms with Gasteiger partial charge in [-0.05, 0) is 36.8 Å². The van der Waals surface area contributed by atoms with Crippen molar-refractivity contribution in [2.75, 3.05) is 6.61 Å². The number of hydrogen-bond donors (Lipinski definition) is 1. The largest absolute Gasteiger partial charge is 0.488 e. The van der Waals surface area contributed by atoms with Crippen LogP contribution in [0, 0.1) is 6.92 Å². The number of hydrogen-bond acceptors (Lipinski definition) is 4. The second-order valence-electron chi connectivity index (χ2n) is 5.07. The predicted molar refractivity (Wildman–Crippen MR) is 78.7 cm³/mol. The lowest BCUT2D eigenvalue weighted by atomic mass is 10.1. The van der Waals surface area contributed by atoms with Crippen LogP contribution in [0.15, 0.2) is 36.4 Å². The maximum atomic E-state index is 11.6. The van der Waals surface area contributed by atoms with E-state index in [0.717, 1.165) is 11.1 Å². The standard InChI is InChI=1S/C17H14O5/c1-10-15(6-5-13-14(18)9-22-16(10)13)21-8-11-3-2-4-12(7-11)17(19)20/h2-7H,8-9H2,1H3,(H,19,20). The summed E-state index contributed by atoms with van der Waals surface area (Å²) >= 11 is 0. The topological polar surface area (TPSA) is 72.8 Å². The van der Waals surface area contributed by atoms with Crippen molar-refractivity contribution in [3.05, 3.63) is 58.7 Å². The van der Waals surface area contributed by atoms with E-state index in [4.69, 9.17) is 14.6 Å². The first-order valence-electron chi connectivity index (χ1n) is 6.81. The third-order valence-electron chi connectivity index (χ3n) is 3.57. The van der Waals surface area contributed by atoms with Crippen LogP contribution in [-0.2, 0) is 6.61 Å². The Kier molecular flexibility index (Phi) is 3.55. The summed E-state index contributed by atoms with van der Waals surface area (Å²) < 4.78 is 11.1.